The van der Waals surface area contributed by atoms with Crippen LogP contribution < -0.4 is 5.32 Å². The van der Waals surface area contributed by atoms with Crippen LogP contribution in [-0.2, 0) is 11.2 Å². The van der Waals surface area contributed by atoms with Crippen molar-refractivity contribution in [2.24, 2.45) is 0 Å². The van der Waals surface area contributed by atoms with Crippen molar-refractivity contribution in [1.29, 1.82) is 0 Å². The molecule has 0 aliphatic carbocycles. The molecule has 0 amide bonds. The number of nitrogens with one attached hydrogen (secondary N) is 1. The number of benzene rings is 1. The zero-order valence-electron chi connectivity index (χ0n) is 11.3. The van der Waals surface area contributed by atoms with E-state index in [4.69, 9.17) is 16.3 Å². The van der Waals surface area contributed by atoms with E-state index < -0.39 is 0 Å². The number of rotatable bonds is 6. The molecule has 1 heterocycles. The van der Waals surface area contributed by atoms with Crippen LogP contribution in [0.2, 0.25) is 5.02 Å². The number of likely N-dealkylation sites (N-methyl/N-ethyl adjacent to an activating group) is 1. The summed E-state index contributed by atoms with van der Waals surface area (Å²) >= 11 is 5.82. The number of halogens is 2. The van der Waals surface area contributed by atoms with E-state index in [1.807, 2.05) is 0 Å². The van der Waals surface area contributed by atoms with Gasteiger partial charge in [0.25, 0.3) is 0 Å². The molecule has 1 aromatic rings. The molecule has 1 saturated heterocycles. The maximum atomic E-state index is 13.9. The Morgan fingerprint density at radius 2 is 2.37 bits per heavy atom. The highest BCUT2D eigenvalue weighted by Crippen LogP contribution is 2.22. The average Bonchev–Trinajstić information content (AvgIpc) is 2.88. The van der Waals surface area contributed by atoms with Gasteiger partial charge in [0.2, 0.25) is 0 Å². The Bertz CT molecular complexity index is 407. The fraction of sp³-hybridized carbons (Fsp3) is 0.600. The first-order valence-electron chi connectivity index (χ1n) is 6.98. The molecule has 2 atom stereocenters. The van der Waals surface area contributed by atoms with Gasteiger partial charge in [0, 0.05) is 12.6 Å². The summed E-state index contributed by atoms with van der Waals surface area (Å²) in [4.78, 5) is 0. The minimum absolute atomic E-state index is 0.199. The van der Waals surface area contributed by atoms with Crippen molar-refractivity contribution in [1.82, 2.24) is 5.32 Å². The number of hydrogen-bond donors (Lipinski definition) is 1. The second kappa shape index (κ2) is 7.22. The van der Waals surface area contributed by atoms with Crippen LogP contribution in [0.1, 0.15) is 31.7 Å². The summed E-state index contributed by atoms with van der Waals surface area (Å²) in [5.74, 6) is -0.292. The van der Waals surface area contributed by atoms with Crippen molar-refractivity contribution < 1.29 is 9.13 Å². The second-order valence-electron chi connectivity index (χ2n) is 5.04. The zero-order valence-corrected chi connectivity index (χ0v) is 12.0. The van der Waals surface area contributed by atoms with Gasteiger partial charge >= 0.3 is 0 Å². The summed E-state index contributed by atoms with van der Waals surface area (Å²) < 4.78 is 19.6. The minimum Gasteiger partial charge on any atom is -0.378 e. The minimum atomic E-state index is -0.292. The Labute approximate surface area is 119 Å². The highest BCUT2D eigenvalue weighted by Gasteiger charge is 2.21. The molecule has 0 radical (unpaired) electrons. The molecular formula is C15H21ClFNO. The molecule has 0 spiro atoms. The molecular weight excluding hydrogens is 265 g/mol. The SMILES string of the molecule is CCNC(Cc1cccc(Cl)c1F)CC1CCCO1. The van der Waals surface area contributed by atoms with Crippen molar-refractivity contribution >= 4 is 11.6 Å². The van der Waals surface area contributed by atoms with Crippen molar-refractivity contribution in [2.45, 2.75) is 44.8 Å². The third kappa shape index (κ3) is 4.16. The van der Waals surface area contributed by atoms with Crippen LogP contribution in [0.25, 0.3) is 0 Å². The summed E-state index contributed by atoms with van der Waals surface area (Å²) in [7, 11) is 0. The highest BCUT2D eigenvalue weighted by molar-refractivity contribution is 6.30. The monoisotopic (exact) mass is 285 g/mol. The Morgan fingerprint density at radius 1 is 1.53 bits per heavy atom. The molecule has 1 aliphatic rings. The Morgan fingerprint density at radius 3 is 3.05 bits per heavy atom. The normalized spacial score (nSPS) is 20.7. The molecule has 4 heteroatoms. The van der Waals surface area contributed by atoms with Gasteiger partial charge in [-0.3, -0.25) is 0 Å². The van der Waals surface area contributed by atoms with E-state index in [1.165, 1.54) is 0 Å². The summed E-state index contributed by atoms with van der Waals surface area (Å²) in [6, 6.07) is 5.43. The molecule has 1 aliphatic heterocycles. The molecule has 2 unspecified atom stereocenters. The summed E-state index contributed by atoms with van der Waals surface area (Å²) in [5.41, 5.74) is 0.677. The fourth-order valence-electron chi connectivity index (χ4n) is 2.65. The van der Waals surface area contributed by atoms with E-state index in [9.17, 15) is 4.39 Å². The van der Waals surface area contributed by atoms with Gasteiger partial charge in [-0.25, -0.2) is 4.39 Å². The Balaban J connectivity index is 2.00. The lowest BCUT2D eigenvalue weighted by Crippen LogP contribution is -2.34. The van der Waals surface area contributed by atoms with Crippen LogP contribution in [0.3, 0.4) is 0 Å². The van der Waals surface area contributed by atoms with Crippen molar-refractivity contribution in [3.05, 3.63) is 34.6 Å². The van der Waals surface area contributed by atoms with Crippen LogP contribution in [0.4, 0.5) is 4.39 Å². The lowest BCUT2D eigenvalue weighted by Gasteiger charge is -2.21. The Hall–Kier alpha value is -0.640. The zero-order chi connectivity index (χ0) is 13.7. The molecule has 2 nitrogen and oxygen atoms in total. The smallest absolute Gasteiger partial charge is 0.145 e. The summed E-state index contributed by atoms with van der Waals surface area (Å²) in [6.07, 6.45) is 4.14. The first kappa shape index (κ1) is 14.8. The maximum absolute atomic E-state index is 13.9. The van der Waals surface area contributed by atoms with Gasteiger partial charge in [-0.05, 0) is 43.9 Å². The van der Waals surface area contributed by atoms with E-state index in [0.29, 0.717) is 18.1 Å². The first-order valence-corrected chi connectivity index (χ1v) is 7.36. The predicted molar refractivity (Wildman–Crippen MR) is 76.2 cm³/mol. The van der Waals surface area contributed by atoms with Crippen molar-refractivity contribution in [2.75, 3.05) is 13.2 Å². The van der Waals surface area contributed by atoms with E-state index in [2.05, 4.69) is 12.2 Å². The predicted octanol–water partition coefficient (Wildman–Crippen LogP) is 3.57. The third-order valence-electron chi connectivity index (χ3n) is 3.56. The van der Waals surface area contributed by atoms with E-state index in [-0.39, 0.29) is 16.9 Å². The fourth-order valence-corrected chi connectivity index (χ4v) is 2.84. The lowest BCUT2D eigenvalue weighted by atomic mass is 9.99. The van der Waals surface area contributed by atoms with Crippen molar-refractivity contribution in [3.63, 3.8) is 0 Å². The highest BCUT2D eigenvalue weighted by atomic mass is 35.5. The van der Waals surface area contributed by atoms with Crippen molar-refractivity contribution in [3.8, 4) is 0 Å². The molecule has 106 valence electrons. The summed E-state index contributed by atoms with van der Waals surface area (Å²) in [6.45, 7) is 3.80. The maximum Gasteiger partial charge on any atom is 0.145 e. The van der Waals surface area contributed by atoms with Gasteiger partial charge in [-0.1, -0.05) is 30.7 Å². The van der Waals surface area contributed by atoms with Crippen LogP contribution >= 0.6 is 11.6 Å². The molecule has 0 bridgehead atoms. The van der Waals surface area contributed by atoms with E-state index in [1.54, 1.807) is 18.2 Å². The van der Waals surface area contributed by atoms with Gasteiger partial charge < -0.3 is 10.1 Å². The van der Waals surface area contributed by atoms with Crippen LogP contribution in [0.15, 0.2) is 18.2 Å². The number of ether oxygens (including phenoxy) is 1. The van der Waals surface area contributed by atoms with Gasteiger partial charge in [-0.2, -0.15) is 0 Å². The van der Waals surface area contributed by atoms with Gasteiger partial charge in [0.15, 0.2) is 0 Å². The van der Waals surface area contributed by atoms with Crippen LogP contribution in [-0.4, -0.2) is 25.3 Å². The molecule has 1 aromatic carbocycles. The first-order chi connectivity index (χ1) is 9.20. The van der Waals surface area contributed by atoms with Gasteiger partial charge in [0.1, 0.15) is 5.82 Å². The third-order valence-corrected chi connectivity index (χ3v) is 3.85. The standard InChI is InChI=1S/C15H21ClFNO/c1-2-18-12(10-13-6-4-8-19-13)9-11-5-3-7-14(16)15(11)17/h3,5,7,12-13,18H,2,4,6,8-10H2,1H3. The van der Waals surface area contributed by atoms with Crippen LogP contribution in [0, 0.1) is 5.82 Å². The topological polar surface area (TPSA) is 21.3 Å². The van der Waals surface area contributed by atoms with Gasteiger partial charge in [-0.15, -0.1) is 0 Å². The largest absolute Gasteiger partial charge is 0.378 e. The molecule has 19 heavy (non-hydrogen) atoms. The molecule has 1 N–H and O–H groups in total. The number of hydrogen-bond acceptors (Lipinski definition) is 2. The second-order valence-corrected chi connectivity index (χ2v) is 5.45. The lowest BCUT2D eigenvalue weighted by molar-refractivity contribution is 0.0947. The van der Waals surface area contributed by atoms with E-state index in [0.717, 1.165) is 32.4 Å². The molecule has 0 aromatic heterocycles. The Kier molecular flexibility index (Phi) is 5.61. The molecule has 2 rings (SSSR count). The van der Waals surface area contributed by atoms with E-state index >= 15 is 0 Å². The molecule has 1 fully saturated rings. The summed E-state index contributed by atoms with van der Waals surface area (Å²) in [5, 5.41) is 3.61. The van der Waals surface area contributed by atoms with Crippen LogP contribution in [0.5, 0.6) is 0 Å². The average molecular weight is 286 g/mol. The quantitative estimate of drug-likeness (QED) is 0.863. The van der Waals surface area contributed by atoms with Gasteiger partial charge in [0.05, 0.1) is 11.1 Å². The molecule has 0 saturated carbocycles.